The summed E-state index contributed by atoms with van der Waals surface area (Å²) in [4.78, 5) is 14.2. The number of ether oxygens (including phenoxy) is 1. The monoisotopic (exact) mass is 390 g/mol. The zero-order chi connectivity index (χ0) is 20.2. The van der Waals surface area contributed by atoms with Crippen LogP contribution in [0.2, 0.25) is 0 Å². The lowest BCUT2D eigenvalue weighted by Gasteiger charge is -2.26. The molecule has 0 fully saturated rings. The fourth-order valence-corrected chi connectivity index (χ4v) is 3.52. The molecule has 0 radical (unpaired) electrons. The van der Waals surface area contributed by atoms with Crippen molar-refractivity contribution in [2.45, 2.75) is 20.4 Å². The maximum Gasteiger partial charge on any atom is 0.243 e. The van der Waals surface area contributed by atoms with Crippen LogP contribution in [0.25, 0.3) is 0 Å². The zero-order valence-electron chi connectivity index (χ0n) is 16.4. The van der Waals surface area contributed by atoms with E-state index in [1.54, 1.807) is 19.2 Å². The summed E-state index contributed by atoms with van der Waals surface area (Å²) in [5.74, 6) is 0.101. The standard InChI is InChI=1S/C20H26N2O4S/c1-15-6-9-17(10-7-15)13-21(3)20(23)14-22(27(5,24)25)18-12-16(2)8-11-19(18)26-4/h6-12H,13-14H2,1-5H3. The highest BCUT2D eigenvalue weighted by molar-refractivity contribution is 7.92. The average Bonchev–Trinajstić information content (AvgIpc) is 2.60. The van der Waals surface area contributed by atoms with E-state index in [0.717, 1.165) is 27.3 Å². The van der Waals surface area contributed by atoms with Crippen LogP contribution in [0.3, 0.4) is 0 Å². The molecule has 0 saturated carbocycles. The van der Waals surface area contributed by atoms with Gasteiger partial charge in [0.2, 0.25) is 15.9 Å². The van der Waals surface area contributed by atoms with Crippen molar-refractivity contribution in [1.82, 2.24) is 4.90 Å². The van der Waals surface area contributed by atoms with Crippen molar-refractivity contribution in [1.29, 1.82) is 0 Å². The van der Waals surface area contributed by atoms with Crippen molar-refractivity contribution in [2.75, 3.05) is 31.3 Å². The van der Waals surface area contributed by atoms with Gasteiger partial charge in [-0.3, -0.25) is 9.10 Å². The van der Waals surface area contributed by atoms with Crippen LogP contribution < -0.4 is 9.04 Å². The van der Waals surface area contributed by atoms with Crippen LogP contribution in [0, 0.1) is 13.8 Å². The van der Waals surface area contributed by atoms with Crippen molar-refractivity contribution in [3.8, 4) is 5.75 Å². The third-order valence-electron chi connectivity index (χ3n) is 4.25. The van der Waals surface area contributed by atoms with Crippen LogP contribution >= 0.6 is 0 Å². The van der Waals surface area contributed by atoms with Gasteiger partial charge in [0.15, 0.2) is 0 Å². The molecule has 0 N–H and O–H groups in total. The third kappa shape index (κ3) is 5.47. The summed E-state index contributed by atoms with van der Waals surface area (Å²) in [7, 11) is -0.534. The Kier molecular flexibility index (Phi) is 6.49. The number of benzene rings is 2. The van der Waals surface area contributed by atoms with Gasteiger partial charge in [0.1, 0.15) is 12.3 Å². The van der Waals surface area contributed by atoms with Gasteiger partial charge in [0.05, 0.1) is 19.1 Å². The zero-order valence-corrected chi connectivity index (χ0v) is 17.2. The van der Waals surface area contributed by atoms with Crippen LogP contribution in [0.15, 0.2) is 42.5 Å². The largest absolute Gasteiger partial charge is 0.495 e. The van der Waals surface area contributed by atoms with Crippen molar-refractivity contribution >= 4 is 21.6 Å². The minimum Gasteiger partial charge on any atom is -0.495 e. The highest BCUT2D eigenvalue weighted by atomic mass is 32.2. The van der Waals surface area contributed by atoms with Gasteiger partial charge in [-0.25, -0.2) is 8.42 Å². The number of sulfonamides is 1. The second-order valence-corrected chi connectivity index (χ2v) is 8.59. The fraction of sp³-hybridized carbons (Fsp3) is 0.350. The van der Waals surface area contributed by atoms with E-state index in [9.17, 15) is 13.2 Å². The number of hydrogen-bond acceptors (Lipinski definition) is 4. The second-order valence-electron chi connectivity index (χ2n) is 6.68. The molecule has 27 heavy (non-hydrogen) atoms. The first-order chi connectivity index (χ1) is 12.6. The van der Waals surface area contributed by atoms with E-state index in [-0.39, 0.29) is 12.5 Å². The topological polar surface area (TPSA) is 66.9 Å². The van der Waals surface area contributed by atoms with Gasteiger partial charge in [-0.15, -0.1) is 0 Å². The van der Waals surface area contributed by atoms with Gasteiger partial charge < -0.3 is 9.64 Å². The quantitative estimate of drug-likeness (QED) is 0.729. The van der Waals surface area contributed by atoms with E-state index in [1.165, 1.54) is 12.0 Å². The van der Waals surface area contributed by atoms with Crippen LogP contribution in [-0.2, 0) is 21.4 Å². The van der Waals surface area contributed by atoms with Crippen LogP contribution in [0.1, 0.15) is 16.7 Å². The molecule has 0 heterocycles. The van der Waals surface area contributed by atoms with Crippen LogP contribution in [-0.4, -0.2) is 46.2 Å². The fourth-order valence-electron chi connectivity index (χ4n) is 2.68. The smallest absolute Gasteiger partial charge is 0.243 e. The number of hydrogen-bond donors (Lipinski definition) is 0. The van der Waals surface area contributed by atoms with E-state index in [0.29, 0.717) is 18.0 Å². The maximum absolute atomic E-state index is 12.7. The Balaban J connectivity index is 2.25. The van der Waals surface area contributed by atoms with Crippen LogP contribution in [0.5, 0.6) is 5.75 Å². The van der Waals surface area contributed by atoms with Crippen molar-refractivity contribution in [3.63, 3.8) is 0 Å². The summed E-state index contributed by atoms with van der Waals surface area (Å²) < 4.78 is 31.1. The number of aryl methyl sites for hydroxylation is 2. The van der Waals surface area contributed by atoms with Gasteiger partial charge in [0.25, 0.3) is 0 Å². The molecule has 6 nitrogen and oxygen atoms in total. The molecule has 0 spiro atoms. The second kappa shape index (κ2) is 8.43. The predicted octanol–water partition coefficient (Wildman–Crippen LogP) is 2.74. The number of anilines is 1. The van der Waals surface area contributed by atoms with Gasteiger partial charge in [-0.2, -0.15) is 0 Å². The highest BCUT2D eigenvalue weighted by Gasteiger charge is 2.25. The summed E-state index contributed by atoms with van der Waals surface area (Å²) in [6, 6.07) is 13.1. The molecule has 2 rings (SSSR count). The third-order valence-corrected chi connectivity index (χ3v) is 5.37. The Morgan fingerprint density at radius 2 is 1.63 bits per heavy atom. The van der Waals surface area contributed by atoms with E-state index in [4.69, 9.17) is 4.74 Å². The number of likely N-dealkylation sites (N-methyl/N-ethyl adjacent to an activating group) is 1. The number of methoxy groups -OCH3 is 1. The van der Waals surface area contributed by atoms with Gasteiger partial charge in [0, 0.05) is 13.6 Å². The van der Waals surface area contributed by atoms with Gasteiger partial charge in [-0.05, 0) is 37.1 Å². The Morgan fingerprint density at radius 1 is 1.04 bits per heavy atom. The highest BCUT2D eigenvalue weighted by Crippen LogP contribution is 2.31. The SMILES string of the molecule is COc1ccc(C)cc1N(CC(=O)N(C)Cc1ccc(C)cc1)S(C)(=O)=O. The normalized spacial score (nSPS) is 11.1. The molecule has 146 valence electrons. The minimum absolute atomic E-state index is 0.291. The first-order valence-corrected chi connectivity index (χ1v) is 10.4. The van der Waals surface area contributed by atoms with Gasteiger partial charge >= 0.3 is 0 Å². The van der Waals surface area contributed by atoms with Crippen molar-refractivity contribution < 1.29 is 17.9 Å². The summed E-state index contributed by atoms with van der Waals surface area (Å²) in [6.07, 6.45) is 1.09. The number of carbonyl (C=O) groups excluding carboxylic acids is 1. The summed E-state index contributed by atoms with van der Waals surface area (Å²) in [6.45, 7) is 3.97. The Hall–Kier alpha value is -2.54. The molecular formula is C20H26N2O4S. The predicted molar refractivity (Wildman–Crippen MR) is 108 cm³/mol. The summed E-state index contributed by atoms with van der Waals surface area (Å²) in [5, 5.41) is 0. The van der Waals surface area contributed by atoms with Crippen LogP contribution in [0.4, 0.5) is 5.69 Å². The lowest BCUT2D eigenvalue weighted by atomic mass is 10.1. The molecule has 1 amide bonds. The number of carbonyl (C=O) groups is 1. The number of rotatable bonds is 7. The minimum atomic E-state index is -3.67. The van der Waals surface area contributed by atoms with Crippen molar-refractivity contribution in [3.05, 3.63) is 59.2 Å². The summed E-state index contributed by atoms with van der Waals surface area (Å²) >= 11 is 0. The number of amides is 1. The van der Waals surface area contributed by atoms with Crippen molar-refractivity contribution in [2.24, 2.45) is 0 Å². The van der Waals surface area contributed by atoms with E-state index < -0.39 is 10.0 Å². The Labute approximate surface area is 161 Å². The number of nitrogens with zero attached hydrogens (tertiary/aromatic N) is 2. The lowest BCUT2D eigenvalue weighted by Crippen LogP contribution is -2.41. The molecule has 0 atom stereocenters. The molecule has 0 aromatic heterocycles. The van der Waals surface area contributed by atoms with E-state index in [2.05, 4.69) is 0 Å². The van der Waals surface area contributed by atoms with E-state index in [1.807, 2.05) is 44.2 Å². The molecule has 0 aliphatic carbocycles. The first-order valence-electron chi connectivity index (χ1n) is 8.53. The molecule has 0 aliphatic heterocycles. The average molecular weight is 391 g/mol. The molecular weight excluding hydrogens is 364 g/mol. The Bertz CT molecular complexity index is 908. The first kappa shape index (κ1) is 20.8. The maximum atomic E-state index is 12.7. The van der Waals surface area contributed by atoms with Gasteiger partial charge in [-0.1, -0.05) is 35.9 Å². The van der Waals surface area contributed by atoms with E-state index >= 15 is 0 Å². The molecule has 2 aromatic carbocycles. The molecule has 7 heteroatoms. The molecule has 0 unspecified atom stereocenters. The summed E-state index contributed by atoms with van der Waals surface area (Å²) in [5.41, 5.74) is 3.36. The molecule has 0 saturated heterocycles. The molecule has 0 bridgehead atoms. The molecule has 0 aliphatic rings. The Morgan fingerprint density at radius 3 is 2.19 bits per heavy atom. The molecule has 2 aromatic rings. The lowest BCUT2D eigenvalue weighted by molar-refractivity contribution is -0.128.